The van der Waals surface area contributed by atoms with Crippen LogP contribution in [0.25, 0.3) is 224 Å². The SMILES string of the molecule is c1ccc(-c2cc(-c3ccc(-c4ccc5c(c4)nc(-c4cccc6ccccc46)c4sc6ccccc6c45)cc3)nc(-c3ccccc3)n2)cc1.c1ccc(-c2nc(-c3ccc(-c4ccc5c(c4)nc(-c4cccc6ccccc46)c4sc6ccccc6c45)cc3)cc(-c3cccc(-n4c5ccccc5c5ccccc54)c3)n2)cc1. The van der Waals surface area contributed by atoms with Crippen LogP contribution in [-0.2, 0) is 0 Å². The quantitative estimate of drug-likeness (QED) is 0.128. The van der Waals surface area contributed by atoms with E-state index >= 15 is 0 Å². The normalized spacial score (nSPS) is 11.7. The zero-order chi connectivity index (χ0) is 75.9. The number of thiophene rings is 2. The summed E-state index contributed by atoms with van der Waals surface area (Å²) in [5.41, 5.74) is 23.9. The average Bonchev–Trinajstić information content (AvgIpc) is 1.63. The van der Waals surface area contributed by atoms with Crippen LogP contribution < -0.4 is 0 Å². The van der Waals surface area contributed by atoms with Crippen LogP contribution >= 0.6 is 22.7 Å². The molecule has 23 aromatic rings. The minimum Gasteiger partial charge on any atom is -0.309 e. The van der Waals surface area contributed by atoms with Crippen LogP contribution in [0.1, 0.15) is 0 Å². The van der Waals surface area contributed by atoms with Crippen molar-refractivity contribution in [2.45, 2.75) is 0 Å². The molecule has 536 valence electrons. The number of hydrogen-bond donors (Lipinski definition) is 0. The van der Waals surface area contributed by atoms with E-state index < -0.39 is 0 Å². The molecule has 0 saturated heterocycles. The summed E-state index contributed by atoms with van der Waals surface area (Å²) in [6.45, 7) is 0. The van der Waals surface area contributed by atoms with Crippen molar-refractivity contribution in [3.05, 3.63) is 394 Å². The number of nitrogens with zero attached hydrogens (tertiary/aromatic N) is 7. The minimum absolute atomic E-state index is 0.689. The third-order valence-electron chi connectivity index (χ3n) is 22.3. The second-order valence-electron chi connectivity index (χ2n) is 29.1. The van der Waals surface area contributed by atoms with E-state index in [1.54, 1.807) is 0 Å². The van der Waals surface area contributed by atoms with Crippen molar-refractivity contribution in [1.29, 1.82) is 0 Å². The highest BCUT2D eigenvalue weighted by atomic mass is 32.1. The molecule has 0 radical (unpaired) electrons. The van der Waals surface area contributed by atoms with Crippen molar-refractivity contribution in [3.8, 4) is 118 Å². The van der Waals surface area contributed by atoms with Gasteiger partial charge in [0.15, 0.2) is 11.6 Å². The molecule has 0 amide bonds. The molecule has 0 unspecified atom stereocenters. The van der Waals surface area contributed by atoms with E-state index in [0.29, 0.717) is 11.6 Å². The standard InChI is InChI=1S/C59H36N4S.C47H29N3S/c1-2-15-40(16-3-1)59-61-50(36-51(62-59)42-18-12-19-43(34-42)63-53-25-9-6-21-45(53)46-22-7-10-26-54(46)63)39-30-28-37(29-31-39)41-32-33-48-52(35-41)60-57(47-24-13-17-38-14-4-5-20-44(38)47)58-56(48)49-23-8-11-27-55(49)64-58;1-3-13-32(14-4-1)40-29-41(50-47(49-40)34-15-5-2-6-16-34)33-24-22-30(23-25-33)35-26-27-38-42(28-35)48-45(37-20-11-17-31-12-7-8-18-36(31)37)46-44(38)39-19-9-10-21-43(39)51-46/h1-36H;1-29H. The van der Waals surface area contributed by atoms with E-state index in [1.807, 2.05) is 77.3 Å². The van der Waals surface area contributed by atoms with Gasteiger partial charge in [-0.25, -0.2) is 29.9 Å². The minimum atomic E-state index is 0.689. The summed E-state index contributed by atoms with van der Waals surface area (Å²) in [7, 11) is 0. The molecule has 0 bridgehead atoms. The Morgan fingerprint density at radius 3 is 1.01 bits per heavy atom. The number of benzene rings is 16. The molecule has 7 heterocycles. The molecule has 7 nitrogen and oxygen atoms in total. The molecule has 0 fully saturated rings. The molecule has 0 atom stereocenters. The summed E-state index contributed by atoms with van der Waals surface area (Å²) >= 11 is 3.66. The fourth-order valence-corrected chi connectivity index (χ4v) is 19.2. The molecular formula is C106H65N7S2. The van der Waals surface area contributed by atoms with Gasteiger partial charge in [-0.1, -0.05) is 334 Å². The molecule has 0 aliphatic carbocycles. The van der Waals surface area contributed by atoms with Crippen LogP contribution in [-0.4, -0.2) is 34.5 Å². The molecule has 16 aromatic carbocycles. The van der Waals surface area contributed by atoms with Crippen molar-refractivity contribution in [3.63, 3.8) is 0 Å². The highest BCUT2D eigenvalue weighted by Gasteiger charge is 2.23. The first-order chi connectivity index (χ1) is 57.0. The number of hydrogen-bond acceptors (Lipinski definition) is 8. The van der Waals surface area contributed by atoms with E-state index in [4.69, 9.17) is 29.9 Å². The summed E-state index contributed by atoms with van der Waals surface area (Å²) in [6.07, 6.45) is 0. The van der Waals surface area contributed by atoms with Gasteiger partial charge in [0.2, 0.25) is 0 Å². The highest BCUT2D eigenvalue weighted by molar-refractivity contribution is 7.27. The van der Waals surface area contributed by atoms with Gasteiger partial charge in [-0.05, 0) is 104 Å². The van der Waals surface area contributed by atoms with Gasteiger partial charge >= 0.3 is 0 Å². The average molecular weight is 1500 g/mol. The maximum absolute atomic E-state index is 5.49. The van der Waals surface area contributed by atoms with E-state index in [0.717, 1.165) is 118 Å². The number of fused-ring (bicyclic) bond motifs is 15. The molecule has 0 aliphatic rings. The van der Waals surface area contributed by atoms with E-state index in [1.165, 1.54) is 94.5 Å². The molecule has 0 saturated carbocycles. The predicted octanol–water partition coefficient (Wildman–Crippen LogP) is 28.9. The van der Waals surface area contributed by atoms with Crippen LogP contribution in [0.3, 0.4) is 0 Å². The number of pyridine rings is 2. The Kier molecular flexibility index (Phi) is 16.5. The third kappa shape index (κ3) is 12.0. The lowest BCUT2D eigenvalue weighted by Gasteiger charge is -2.13. The molecule has 0 aliphatic heterocycles. The smallest absolute Gasteiger partial charge is 0.160 e. The Balaban J connectivity index is 0.000000144. The third-order valence-corrected chi connectivity index (χ3v) is 24.7. The first kappa shape index (κ1) is 67.2. The molecule has 7 aromatic heterocycles. The summed E-state index contributed by atoms with van der Waals surface area (Å²) in [5.74, 6) is 1.40. The largest absolute Gasteiger partial charge is 0.309 e. The second-order valence-corrected chi connectivity index (χ2v) is 31.2. The van der Waals surface area contributed by atoms with Crippen molar-refractivity contribution in [2.75, 3.05) is 0 Å². The van der Waals surface area contributed by atoms with Crippen LogP contribution in [0, 0.1) is 0 Å². The zero-order valence-electron chi connectivity index (χ0n) is 62.0. The Hall–Kier alpha value is -14.7. The van der Waals surface area contributed by atoms with Gasteiger partial charge in [0.25, 0.3) is 0 Å². The van der Waals surface area contributed by atoms with Crippen LogP contribution in [0.15, 0.2) is 394 Å². The Morgan fingerprint density at radius 1 is 0.209 bits per heavy atom. The lowest BCUT2D eigenvalue weighted by Crippen LogP contribution is -1.98. The summed E-state index contributed by atoms with van der Waals surface area (Å²) in [5, 5.41) is 14.8. The van der Waals surface area contributed by atoms with Crippen LogP contribution in [0.2, 0.25) is 0 Å². The zero-order valence-corrected chi connectivity index (χ0v) is 63.6. The number of para-hydroxylation sites is 2. The summed E-state index contributed by atoms with van der Waals surface area (Å²) in [4.78, 5) is 31.3. The maximum atomic E-state index is 5.49. The number of rotatable bonds is 11. The van der Waals surface area contributed by atoms with Crippen LogP contribution in [0.4, 0.5) is 0 Å². The highest BCUT2D eigenvalue weighted by Crippen LogP contribution is 2.48. The lowest BCUT2D eigenvalue weighted by atomic mass is 9.97. The topological polar surface area (TPSA) is 82.3 Å². The Labute approximate surface area is 670 Å². The molecule has 9 heteroatoms. The van der Waals surface area contributed by atoms with Gasteiger partial charge in [0, 0.05) is 103 Å². The first-order valence-electron chi connectivity index (χ1n) is 38.7. The van der Waals surface area contributed by atoms with Crippen LogP contribution in [0.5, 0.6) is 0 Å². The maximum Gasteiger partial charge on any atom is 0.160 e. The molecule has 23 rings (SSSR count). The van der Waals surface area contributed by atoms with E-state index in [2.05, 4.69) is 344 Å². The van der Waals surface area contributed by atoms with Gasteiger partial charge in [-0.3, -0.25) is 0 Å². The molecule has 0 N–H and O–H groups in total. The predicted molar refractivity (Wildman–Crippen MR) is 484 cm³/mol. The lowest BCUT2D eigenvalue weighted by molar-refractivity contribution is 1.16. The van der Waals surface area contributed by atoms with Gasteiger partial charge in [-0.2, -0.15) is 0 Å². The van der Waals surface area contributed by atoms with E-state index in [9.17, 15) is 0 Å². The fraction of sp³-hybridized carbons (Fsp3) is 0. The van der Waals surface area contributed by atoms with Crippen molar-refractivity contribution >= 4 is 128 Å². The van der Waals surface area contributed by atoms with E-state index in [-0.39, 0.29) is 0 Å². The monoisotopic (exact) mass is 1500 g/mol. The first-order valence-corrected chi connectivity index (χ1v) is 40.3. The number of aromatic nitrogens is 7. The fourth-order valence-electron chi connectivity index (χ4n) is 16.8. The molecule has 115 heavy (non-hydrogen) atoms. The van der Waals surface area contributed by atoms with Crippen molar-refractivity contribution in [2.24, 2.45) is 0 Å². The second kappa shape index (κ2) is 28.2. The van der Waals surface area contributed by atoms with Crippen molar-refractivity contribution < 1.29 is 0 Å². The molecule has 0 spiro atoms. The molecular weight excluding hydrogens is 1440 g/mol. The van der Waals surface area contributed by atoms with Gasteiger partial charge in [-0.15, -0.1) is 22.7 Å². The van der Waals surface area contributed by atoms with Gasteiger partial charge in [0.05, 0.1) is 65.6 Å². The van der Waals surface area contributed by atoms with Gasteiger partial charge < -0.3 is 4.57 Å². The Bertz CT molecular complexity index is 7640. The van der Waals surface area contributed by atoms with Gasteiger partial charge in [0.1, 0.15) is 0 Å². The summed E-state index contributed by atoms with van der Waals surface area (Å²) in [6, 6.07) is 140. The summed E-state index contributed by atoms with van der Waals surface area (Å²) < 4.78 is 7.35. The van der Waals surface area contributed by atoms with Crippen molar-refractivity contribution in [1.82, 2.24) is 34.5 Å². The Morgan fingerprint density at radius 2 is 0.548 bits per heavy atom.